The number of ether oxygens (including phenoxy) is 1. The molecule has 8 rings (SSSR count). The van der Waals surface area contributed by atoms with Gasteiger partial charge < -0.3 is 34.3 Å². The van der Waals surface area contributed by atoms with Gasteiger partial charge in [-0.3, -0.25) is 14.4 Å². The van der Waals surface area contributed by atoms with Crippen molar-refractivity contribution in [3.05, 3.63) is 153 Å². The molecule has 7 nitrogen and oxygen atoms in total. The zero-order valence-electron chi connectivity index (χ0n) is 32.7. The van der Waals surface area contributed by atoms with Crippen LogP contribution < -0.4 is 71.5 Å². The molecule has 0 aliphatic heterocycles. The molecule has 15 heteroatoms. The summed E-state index contributed by atoms with van der Waals surface area (Å²) in [6.45, 7) is -0.266. The van der Waals surface area contributed by atoms with Gasteiger partial charge in [-0.25, -0.2) is 0 Å². The minimum Gasteiger partial charge on any atom is -1.00 e. The molecule has 58 heavy (non-hydrogen) atoms. The number of amides is 2. The molecule has 2 aromatic heterocycles. The number of hydrogen-bond acceptors (Lipinski definition) is 7. The fraction of sp³-hybridized carbons (Fsp3) is 0.0930. The summed E-state index contributed by atoms with van der Waals surface area (Å²) >= 11 is 15.2. The van der Waals surface area contributed by atoms with Crippen LogP contribution in [0.25, 0.3) is 41.7 Å². The summed E-state index contributed by atoms with van der Waals surface area (Å²) in [4.78, 5) is 38.3. The first-order valence-electron chi connectivity index (χ1n) is 16.8. The number of hydrogen-bond donors (Lipinski definition) is 3. The van der Waals surface area contributed by atoms with Crippen LogP contribution in [0.3, 0.4) is 0 Å². The standard InChI is InChI=1S/C22H16ClNO3S.C21H16ClNO2S.B.ClH.Li.Na.H/c1-27-22(26)20(18-12-28-19-9-7-15(23)11-17(18)19)21(25)24-16-8-6-13-4-2-3-5-14(13)10-16;22-15-6-8-20-17(10-15)19(12-26-20)18(11-24)21(25)23-16-7-5-13-3-1-2-4-14(13)9-16;;;;;/h2-12,20H,1H3,(H,24,25);1-10,12,18,24H,11H2,(H,23,25);;1H;;;/q;;;;2*+1;-1/p-1. The van der Waals surface area contributed by atoms with E-state index in [0.717, 1.165) is 47.3 Å². The van der Waals surface area contributed by atoms with Gasteiger partial charge in [-0.2, -0.15) is 0 Å². The summed E-state index contributed by atoms with van der Waals surface area (Å²) in [6.07, 6.45) is 0. The Bertz CT molecular complexity index is 2710. The zero-order chi connectivity index (χ0) is 37.8. The van der Waals surface area contributed by atoms with E-state index in [-0.39, 0.29) is 83.2 Å². The number of aliphatic hydroxyl groups excluding tert-OH is 1. The molecular weight excluding hydrogens is 836 g/mol. The first kappa shape index (κ1) is 49.0. The predicted molar refractivity (Wildman–Crippen MR) is 230 cm³/mol. The van der Waals surface area contributed by atoms with Gasteiger partial charge in [0, 0.05) is 39.2 Å². The first-order chi connectivity index (χ1) is 26.2. The van der Waals surface area contributed by atoms with Crippen LogP contribution in [0, 0.1) is 0 Å². The number of anilines is 2. The van der Waals surface area contributed by atoms with Crippen molar-refractivity contribution >= 4 is 125 Å². The maximum Gasteiger partial charge on any atom is 1.00 e. The van der Waals surface area contributed by atoms with E-state index in [4.69, 9.17) is 27.9 Å². The van der Waals surface area contributed by atoms with Crippen molar-refractivity contribution in [2.75, 3.05) is 24.4 Å². The van der Waals surface area contributed by atoms with Gasteiger partial charge in [0.15, 0.2) is 5.92 Å². The Morgan fingerprint density at radius 1 is 0.672 bits per heavy atom. The summed E-state index contributed by atoms with van der Waals surface area (Å²) in [5, 5.41) is 26.5. The molecular formula is C43H33BCl3LiN2NaO5S2. The smallest absolute Gasteiger partial charge is 1.00 e. The minimum absolute atomic E-state index is 0. The monoisotopic (exact) mass is 867 g/mol. The van der Waals surface area contributed by atoms with E-state index in [1.807, 2.05) is 120 Å². The van der Waals surface area contributed by atoms with Crippen LogP contribution in [0.5, 0.6) is 0 Å². The number of halogens is 3. The van der Waals surface area contributed by atoms with E-state index < -0.39 is 23.7 Å². The third-order valence-corrected chi connectivity index (χ3v) is 11.5. The number of nitrogens with one attached hydrogen (secondary N) is 2. The summed E-state index contributed by atoms with van der Waals surface area (Å²) in [5.74, 6) is -3.01. The maximum absolute atomic E-state index is 13.0. The molecule has 8 aromatic rings. The summed E-state index contributed by atoms with van der Waals surface area (Å²) in [6, 6.07) is 38.3. The number of methoxy groups -OCH3 is 1. The Morgan fingerprint density at radius 2 is 1.12 bits per heavy atom. The van der Waals surface area contributed by atoms with Gasteiger partial charge in [0.1, 0.15) is 0 Å². The molecule has 0 bridgehead atoms. The van der Waals surface area contributed by atoms with E-state index in [9.17, 15) is 19.5 Å². The average Bonchev–Trinajstić information content (AvgIpc) is 3.79. The summed E-state index contributed by atoms with van der Waals surface area (Å²) in [5.41, 5.74) is 2.72. The normalized spacial score (nSPS) is 11.4. The van der Waals surface area contributed by atoms with Crippen LogP contribution >= 0.6 is 45.9 Å². The van der Waals surface area contributed by atoms with E-state index in [1.165, 1.54) is 18.4 Å². The molecule has 6 aromatic carbocycles. The molecule has 2 amide bonds. The molecule has 0 fully saturated rings. The quantitative estimate of drug-likeness (QED) is 0.123. The van der Waals surface area contributed by atoms with E-state index >= 15 is 0 Å². The van der Waals surface area contributed by atoms with Crippen LogP contribution in [0.4, 0.5) is 11.4 Å². The van der Waals surface area contributed by atoms with Gasteiger partial charge in [-0.15, -0.1) is 22.7 Å². The molecule has 283 valence electrons. The topological polar surface area (TPSA) is 105 Å². The second kappa shape index (κ2) is 22.3. The Balaban J connectivity index is 0.000000376. The average molecular weight is 869 g/mol. The van der Waals surface area contributed by atoms with Crippen LogP contribution in [0.15, 0.2) is 132 Å². The Kier molecular flexibility index (Phi) is 18.9. The van der Waals surface area contributed by atoms with Crippen molar-refractivity contribution in [2.45, 2.75) is 11.8 Å². The molecule has 0 saturated heterocycles. The molecule has 0 saturated carbocycles. The molecule has 0 spiro atoms. The molecule has 2 atom stereocenters. The largest absolute Gasteiger partial charge is 1.00 e. The number of aliphatic hydroxyl groups is 1. The van der Waals surface area contributed by atoms with Crippen molar-refractivity contribution in [1.29, 1.82) is 0 Å². The van der Waals surface area contributed by atoms with Crippen LogP contribution in [0.1, 0.15) is 24.4 Å². The Morgan fingerprint density at radius 3 is 1.60 bits per heavy atom. The SMILES string of the molecule is COC(=O)C(C(=O)Nc1ccc2ccccc2c1)c1csc2ccc(Cl)cc12.O=C(Nc1ccc2ccccc2c1)C(CO)c1csc2ccc(Cl)cc12.[B].[Cl-].[H-].[Li+].[Na+]. The van der Waals surface area contributed by atoms with Gasteiger partial charge in [0.2, 0.25) is 11.8 Å². The van der Waals surface area contributed by atoms with E-state index in [2.05, 4.69) is 10.6 Å². The third-order valence-electron chi connectivity index (χ3n) is 9.05. The first-order valence-corrected chi connectivity index (χ1v) is 19.3. The predicted octanol–water partition coefficient (Wildman–Crippen LogP) is 1.77. The number of thiophene rings is 2. The molecule has 3 N–H and O–H groups in total. The van der Waals surface area contributed by atoms with Crippen molar-refractivity contribution in [2.24, 2.45) is 0 Å². The number of esters is 1. The third kappa shape index (κ3) is 11.1. The van der Waals surface area contributed by atoms with E-state index in [0.29, 0.717) is 27.0 Å². The minimum atomic E-state index is -1.08. The van der Waals surface area contributed by atoms with Crippen molar-refractivity contribution in [3.8, 4) is 0 Å². The van der Waals surface area contributed by atoms with Crippen LogP contribution in [-0.4, -0.2) is 45.0 Å². The Labute approximate surface area is 397 Å². The van der Waals surface area contributed by atoms with E-state index in [1.54, 1.807) is 23.5 Å². The van der Waals surface area contributed by atoms with Gasteiger partial charge >= 0.3 is 54.4 Å². The number of rotatable bonds is 8. The number of fused-ring (bicyclic) bond motifs is 4. The fourth-order valence-electron chi connectivity index (χ4n) is 6.33. The molecule has 0 aliphatic rings. The van der Waals surface area contributed by atoms with Crippen molar-refractivity contribution < 1.29 is 86.5 Å². The van der Waals surface area contributed by atoms with Gasteiger partial charge in [-0.1, -0.05) is 83.9 Å². The second-order valence-electron chi connectivity index (χ2n) is 12.5. The zero-order valence-corrected chi connectivity index (χ0v) is 37.6. The fourth-order valence-corrected chi connectivity index (χ4v) is 8.64. The van der Waals surface area contributed by atoms with Crippen LogP contribution in [0.2, 0.25) is 10.0 Å². The number of carbonyl (C=O) groups is 3. The van der Waals surface area contributed by atoms with Crippen molar-refractivity contribution in [3.63, 3.8) is 0 Å². The maximum atomic E-state index is 13.0. The van der Waals surface area contributed by atoms with Gasteiger partial charge in [0.05, 0.1) is 19.6 Å². The second-order valence-corrected chi connectivity index (χ2v) is 15.2. The van der Waals surface area contributed by atoms with Gasteiger partial charge in [-0.05, 0) is 115 Å². The molecule has 2 unspecified atom stereocenters. The van der Waals surface area contributed by atoms with Crippen LogP contribution in [-0.2, 0) is 19.1 Å². The summed E-state index contributed by atoms with van der Waals surface area (Å²) in [7, 11) is 1.28. The Hall–Kier alpha value is -3.34. The number of benzene rings is 6. The summed E-state index contributed by atoms with van der Waals surface area (Å²) < 4.78 is 6.91. The van der Waals surface area contributed by atoms with Crippen molar-refractivity contribution in [1.82, 2.24) is 0 Å². The molecule has 2 heterocycles. The van der Waals surface area contributed by atoms with Gasteiger partial charge in [0.25, 0.3) is 0 Å². The number of carbonyl (C=O) groups excluding carboxylic acids is 3. The molecule has 0 aliphatic carbocycles. The molecule has 3 radical (unpaired) electrons.